The molecular formula is C4H7-. The van der Waals surface area contributed by atoms with E-state index in [-0.39, 0.29) is 0 Å². The Morgan fingerprint density at radius 1 is 1.25 bits per heavy atom. The summed E-state index contributed by atoms with van der Waals surface area (Å²) in [5, 5.41) is 0. The monoisotopic (exact) mass is 55.1 g/mol. The van der Waals surface area contributed by atoms with Crippen LogP contribution in [0.3, 0.4) is 0 Å². The molecule has 4 heavy (non-hydrogen) atoms. The topological polar surface area (TPSA) is 0 Å². The van der Waals surface area contributed by atoms with Crippen LogP contribution in [0.4, 0.5) is 0 Å². The fraction of sp³-hybridized carbons (Fsp3) is 0.750. The minimum atomic E-state index is 1.38. The van der Waals surface area contributed by atoms with Crippen molar-refractivity contribution in [3.05, 3.63) is 6.42 Å². The van der Waals surface area contributed by atoms with E-state index in [0.717, 1.165) is 0 Å². The van der Waals surface area contributed by atoms with Gasteiger partial charge in [-0.05, 0) is 0 Å². The highest BCUT2D eigenvalue weighted by atomic mass is 14.0. The second kappa shape index (κ2) is 0.750. The quantitative estimate of drug-likeness (QED) is 0.367. The Bertz CT molecular complexity index is 8.00. The summed E-state index contributed by atoms with van der Waals surface area (Å²) in [6.07, 6.45) is 6.50. The van der Waals surface area contributed by atoms with E-state index in [4.69, 9.17) is 0 Å². The smallest absolute Gasteiger partial charge is 0.108 e. The molecule has 1 aliphatic carbocycles. The summed E-state index contributed by atoms with van der Waals surface area (Å²) in [5.74, 6) is 0. The standard InChI is InChI=1S/C4H7/c1-2-4-3-1/h1H,2-4H2/q-1. The first-order valence-corrected chi connectivity index (χ1v) is 1.82. The number of hydrogen-bond donors (Lipinski definition) is 0. The summed E-state index contributed by atoms with van der Waals surface area (Å²) in [7, 11) is 0. The highest BCUT2D eigenvalue weighted by molar-refractivity contribution is 4.74. The Morgan fingerprint density at radius 3 is 1.50 bits per heavy atom. The first-order valence-electron chi connectivity index (χ1n) is 1.82. The number of hydrogen-bond acceptors (Lipinski definition) is 0. The van der Waals surface area contributed by atoms with Crippen molar-refractivity contribution in [2.45, 2.75) is 19.3 Å². The van der Waals surface area contributed by atoms with Crippen LogP contribution >= 0.6 is 0 Å². The van der Waals surface area contributed by atoms with Gasteiger partial charge in [-0.2, -0.15) is 12.8 Å². The maximum absolute atomic E-state index is 2.31. The zero-order chi connectivity index (χ0) is 2.83. The lowest BCUT2D eigenvalue weighted by Crippen LogP contribution is -1.87. The summed E-state index contributed by atoms with van der Waals surface area (Å²) in [4.78, 5) is 0. The predicted molar refractivity (Wildman–Crippen MR) is 18.2 cm³/mol. The molecule has 0 N–H and O–H groups in total. The van der Waals surface area contributed by atoms with Crippen molar-refractivity contribution < 1.29 is 0 Å². The summed E-state index contributed by atoms with van der Waals surface area (Å²) in [6.45, 7) is 0. The van der Waals surface area contributed by atoms with E-state index >= 15 is 0 Å². The molecule has 1 saturated carbocycles. The van der Waals surface area contributed by atoms with Crippen molar-refractivity contribution >= 4 is 0 Å². The van der Waals surface area contributed by atoms with Crippen LogP contribution in [0.1, 0.15) is 19.3 Å². The molecule has 0 aromatic rings. The molecule has 24 valence electrons. The average Bonchev–Trinajstić information content (AvgIpc) is 0.722. The van der Waals surface area contributed by atoms with Gasteiger partial charge in [0, 0.05) is 0 Å². The Labute approximate surface area is 26.8 Å². The lowest BCUT2D eigenvalue weighted by atomic mass is 10.0. The third-order valence-corrected chi connectivity index (χ3v) is 0.816. The minimum absolute atomic E-state index is 1.38. The Morgan fingerprint density at radius 2 is 1.50 bits per heavy atom. The summed E-state index contributed by atoms with van der Waals surface area (Å²) in [5.41, 5.74) is 0. The molecule has 0 amide bonds. The Hall–Kier alpha value is 0. The van der Waals surface area contributed by atoms with E-state index in [1.54, 1.807) is 0 Å². The fourth-order valence-electron chi connectivity index (χ4n) is 0.204. The van der Waals surface area contributed by atoms with Crippen molar-refractivity contribution in [1.29, 1.82) is 0 Å². The van der Waals surface area contributed by atoms with Gasteiger partial charge < -0.3 is 6.42 Å². The molecule has 1 aliphatic rings. The molecule has 0 bridgehead atoms. The average molecular weight is 55.1 g/mol. The van der Waals surface area contributed by atoms with Crippen LogP contribution in [0, 0.1) is 6.42 Å². The summed E-state index contributed by atoms with van der Waals surface area (Å²) in [6, 6.07) is 0. The van der Waals surface area contributed by atoms with Crippen LogP contribution < -0.4 is 0 Å². The van der Waals surface area contributed by atoms with E-state index in [9.17, 15) is 0 Å². The van der Waals surface area contributed by atoms with Crippen LogP contribution in [-0.4, -0.2) is 0 Å². The van der Waals surface area contributed by atoms with Crippen molar-refractivity contribution in [3.63, 3.8) is 0 Å². The lowest BCUT2D eigenvalue weighted by molar-refractivity contribution is 0.652. The molecule has 0 saturated heterocycles. The van der Waals surface area contributed by atoms with Crippen molar-refractivity contribution in [2.75, 3.05) is 0 Å². The molecule has 0 unspecified atom stereocenters. The molecular weight excluding hydrogens is 48.0 g/mol. The van der Waals surface area contributed by atoms with E-state index < -0.39 is 0 Å². The van der Waals surface area contributed by atoms with Gasteiger partial charge in [-0.3, -0.25) is 0 Å². The van der Waals surface area contributed by atoms with Gasteiger partial charge in [-0.1, -0.05) is 0 Å². The predicted octanol–water partition coefficient (Wildman–Crippen LogP) is 1.37. The minimum Gasteiger partial charge on any atom is -0.329 e. The van der Waals surface area contributed by atoms with Crippen LogP contribution in [0.5, 0.6) is 0 Å². The molecule has 0 heterocycles. The largest absolute Gasteiger partial charge is 0.329 e. The van der Waals surface area contributed by atoms with Gasteiger partial charge in [0.2, 0.25) is 0 Å². The van der Waals surface area contributed by atoms with Gasteiger partial charge in [0.25, 0.3) is 0 Å². The first-order chi connectivity index (χ1) is 2.00. The molecule has 0 aromatic carbocycles. The maximum Gasteiger partial charge on any atom is -0.108 e. The van der Waals surface area contributed by atoms with Crippen molar-refractivity contribution in [2.24, 2.45) is 0 Å². The normalized spacial score (nSPS) is 24.0. The van der Waals surface area contributed by atoms with Gasteiger partial charge in [0.15, 0.2) is 0 Å². The molecule has 0 atom stereocenters. The molecule has 1 fully saturated rings. The Balaban J connectivity index is 2.00. The van der Waals surface area contributed by atoms with Gasteiger partial charge in [-0.25, -0.2) is 0 Å². The maximum atomic E-state index is 2.31. The zero-order valence-electron chi connectivity index (χ0n) is 2.70. The van der Waals surface area contributed by atoms with Gasteiger partial charge >= 0.3 is 0 Å². The molecule has 0 radical (unpaired) electrons. The highest BCUT2D eigenvalue weighted by Crippen LogP contribution is 2.13. The molecule has 0 heteroatoms. The summed E-state index contributed by atoms with van der Waals surface area (Å²) >= 11 is 0. The van der Waals surface area contributed by atoms with Crippen molar-refractivity contribution in [3.8, 4) is 0 Å². The second-order valence-corrected chi connectivity index (χ2v) is 1.22. The molecule has 1 rings (SSSR count). The van der Waals surface area contributed by atoms with Crippen LogP contribution in [0.15, 0.2) is 0 Å². The lowest BCUT2D eigenvalue weighted by Gasteiger charge is -2.20. The highest BCUT2D eigenvalue weighted by Gasteiger charge is 1.80. The van der Waals surface area contributed by atoms with Crippen molar-refractivity contribution in [1.82, 2.24) is 0 Å². The van der Waals surface area contributed by atoms with Gasteiger partial charge in [-0.15, -0.1) is 6.42 Å². The van der Waals surface area contributed by atoms with Gasteiger partial charge in [0.1, 0.15) is 0 Å². The van der Waals surface area contributed by atoms with E-state index in [2.05, 4.69) is 6.42 Å². The third kappa shape index (κ3) is 0.125. The van der Waals surface area contributed by atoms with Gasteiger partial charge in [0.05, 0.1) is 0 Å². The van der Waals surface area contributed by atoms with Crippen LogP contribution in [-0.2, 0) is 0 Å². The van der Waals surface area contributed by atoms with E-state index in [0.29, 0.717) is 0 Å². The molecule has 0 aromatic heterocycles. The molecule has 0 nitrogen and oxygen atoms in total. The summed E-state index contributed by atoms with van der Waals surface area (Å²) < 4.78 is 0. The molecule has 0 aliphatic heterocycles. The second-order valence-electron chi connectivity index (χ2n) is 1.22. The van der Waals surface area contributed by atoms with Crippen LogP contribution in [0.2, 0.25) is 0 Å². The van der Waals surface area contributed by atoms with E-state index in [1.807, 2.05) is 0 Å². The Kier molecular flexibility index (Phi) is 0.422. The van der Waals surface area contributed by atoms with E-state index in [1.165, 1.54) is 19.3 Å². The fourth-order valence-corrected chi connectivity index (χ4v) is 0.204. The zero-order valence-corrected chi connectivity index (χ0v) is 2.70. The molecule has 0 spiro atoms. The SMILES string of the molecule is [CH-]1CCC1. The van der Waals surface area contributed by atoms with Crippen LogP contribution in [0.25, 0.3) is 0 Å². The third-order valence-electron chi connectivity index (χ3n) is 0.816. The first kappa shape index (κ1) is 2.25. The number of rotatable bonds is 0.